The van der Waals surface area contributed by atoms with Crippen LogP contribution in [0.2, 0.25) is 10.0 Å². The lowest BCUT2D eigenvalue weighted by Crippen LogP contribution is -2.44. The highest BCUT2D eigenvalue weighted by Gasteiger charge is 2.59. The molecular weight excluding hydrogens is 528 g/mol. The van der Waals surface area contributed by atoms with E-state index in [2.05, 4.69) is 14.5 Å². The number of hydrogen-bond acceptors (Lipinski definition) is 5. The molecule has 2 aromatic rings. The Morgan fingerprint density at radius 2 is 1.94 bits per heavy atom. The fraction of sp³-hybridized carbons (Fsp3) is 0.478. The summed E-state index contributed by atoms with van der Waals surface area (Å²) in [4.78, 5) is 17.6. The number of pyridine rings is 1. The van der Waals surface area contributed by atoms with Crippen LogP contribution in [-0.2, 0) is 14.9 Å². The molecule has 2 fully saturated rings. The normalized spacial score (nSPS) is 28.9. The van der Waals surface area contributed by atoms with Crippen LogP contribution >= 0.6 is 23.2 Å². The summed E-state index contributed by atoms with van der Waals surface area (Å²) in [6, 6.07) is 7.08. The second-order valence-corrected chi connectivity index (χ2v) is 11.4. The molecule has 1 saturated carbocycles. The molecule has 1 amide bonds. The molecule has 35 heavy (non-hydrogen) atoms. The molecule has 6 nitrogen and oxygen atoms in total. The molecule has 0 radical (unpaired) electrons. The van der Waals surface area contributed by atoms with Crippen LogP contribution in [0.4, 0.5) is 13.2 Å². The number of benzene rings is 1. The third-order valence-corrected chi connectivity index (χ3v) is 8.82. The van der Waals surface area contributed by atoms with E-state index >= 15 is 0 Å². The minimum atomic E-state index is -5.83. The highest BCUT2D eigenvalue weighted by atomic mass is 35.5. The maximum Gasteiger partial charge on any atom is 0.534 e. The first kappa shape index (κ1) is 26.0. The number of alkyl halides is 3. The van der Waals surface area contributed by atoms with E-state index < -0.39 is 26.8 Å². The maximum absolute atomic E-state index is 13.0. The topological polar surface area (TPSA) is 85.4 Å². The van der Waals surface area contributed by atoms with E-state index in [0.29, 0.717) is 29.8 Å². The number of carbonyl (C=O) groups is 1. The monoisotopic (exact) mass is 550 g/mol. The third-order valence-electron chi connectivity index (χ3n) is 7.29. The first-order valence-corrected chi connectivity index (χ1v) is 13.2. The molecule has 1 aromatic heterocycles. The first-order chi connectivity index (χ1) is 16.3. The summed E-state index contributed by atoms with van der Waals surface area (Å²) < 4.78 is 65.2. The van der Waals surface area contributed by atoms with Crippen LogP contribution in [-0.4, -0.2) is 30.9 Å². The first-order valence-electron chi connectivity index (χ1n) is 11.0. The number of aromatic nitrogens is 1. The average molecular weight is 551 g/mol. The van der Waals surface area contributed by atoms with Crippen molar-refractivity contribution in [1.29, 1.82) is 0 Å². The molecule has 0 unspecified atom stereocenters. The number of nitrogens with zero attached hydrogens (tertiary/aromatic N) is 1. The van der Waals surface area contributed by atoms with E-state index in [0.717, 1.165) is 17.8 Å². The Balaban J connectivity index is 1.77. The van der Waals surface area contributed by atoms with Crippen LogP contribution in [0.25, 0.3) is 0 Å². The van der Waals surface area contributed by atoms with Crippen LogP contribution in [0.3, 0.4) is 0 Å². The molecule has 1 N–H and O–H groups in total. The van der Waals surface area contributed by atoms with E-state index in [1.165, 1.54) is 12.3 Å². The summed E-state index contributed by atoms with van der Waals surface area (Å²) in [6.45, 7) is 3.93. The van der Waals surface area contributed by atoms with Gasteiger partial charge in [0.15, 0.2) is 0 Å². The lowest BCUT2D eigenvalue weighted by molar-refractivity contribution is -0.131. The van der Waals surface area contributed by atoms with Gasteiger partial charge in [0.2, 0.25) is 5.91 Å². The summed E-state index contributed by atoms with van der Waals surface area (Å²) in [5.74, 6) is -1.14. The second-order valence-electron chi connectivity index (χ2n) is 9.04. The summed E-state index contributed by atoms with van der Waals surface area (Å²) >= 11 is 12.5. The van der Waals surface area contributed by atoms with E-state index in [9.17, 15) is 26.4 Å². The van der Waals surface area contributed by atoms with Gasteiger partial charge < -0.3 is 9.50 Å². The van der Waals surface area contributed by atoms with E-state index in [1.54, 1.807) is 6.07 Å². The summed E-state index contributed by atoms with van der Waals surface area (Å²) in [5, 5.41) is 3.61. The van der Waals surface area contributed by atoms with Crippen molar-refractivity contribution in [2.24, 2.45) is 11.3 Å². The largest absolute Gasteiger partial charge is 0.534 e. The van der Waals surface area contributed by atoms with Crippen molar-refractivity contribution in [1.82, 2.24) is 10.3 Å². The number of amides is 1. The van der Waals surface area contributed by atoms with Gasteiger partial charge in [0, 0.05) is 40.9 Å². The fourth-order valence-corrected chi connectivity index (χ4v) is 6.65. The maximum atomic E-state index is 13.0. The van der Waals surface area contributed by atoms with Gasteiger partial charge in [-0.1, -0.05) is 36.2 Å². The molecule has 2 heterocycles. The molecule has 0 spiro atoms. The Hall–Kier alpha value is -2.04. The van der Waals surface area contributed by atoms with Crippen LogP contribution < -0.4 is 9.50 Å². The zero-order valence-electron chi connectivity index (χ0n) is 18.8. The number of nitrogens with one attached hydrogen (secondary N) is 1. The van der Waals surface area contributed by atoms with Crippen LogP contribution in [0.15, 0.2) is 36.5 Å². The quantitative estimate of drug-likeness (QED) is 0.375. The minimum absolute atomic E-state index is 0.00196. The van der Waals surface area contributed by atoms with Crippen LogP contribution in [0, 0.1) is 11.3 Å². The van der Waals surface area contributed by atoms with Crippen molar-refractivity contribution < 1.29 is 30.6 Å². The summed E-state index contributed by atoms with van der Waals surface area (Å²) in [6.07, 6.45) is 3.34. The molecule has 1 saturated heterocycles. The zero-order chi connectivity index (χ0) is 25.8. The fourth-order valence-electron chi connectivity index (χ4n) is 5.78. The molecular formula is C23H23Cl2F3N2O4S. The van der Waals surface area contributed by atoms with E-state index in [-0.39, 0.29) is 34.7 Å². The van der Waals surface area contributed by atoms with E-state index in [4.69, 9.17) is 23.2 Å². The van der Waals surface area contributed by atoms with Crippen molar-refractivity contribution in [2.75, 3.05) is 0 Å². The van der Waals surface area contributed by atoms with Crippen molar-refractivity contribution >= 4 is 39.2 Å². The third kappa shape index (κ3) is 4.49. The number of rotatable bonds is 5. The Labute approximate surface area is 211 Å². The number of fused-ring (bicyclic) bond motifs is 1. The zero-order valence-corrected chi connectivity index (χ0v) is 21.1. The van der Waals surface area contributed by atoms with Gasteiger partial charge in [0.1, 0.15) is 5.75 Å². The highest BCUT2D eigenvalue weighted by Crippen LogP contribution is 2.60. The van der Waals surface area contributed by atoms with Gasteiger partial charge in [-0.05, 0) is 55.9 Å². The molecule has 1 aliphatic carbocycles. The summed E-state index contributed by atoms with van der Waals surface area (Å²) in [7, 11) is -5.83. The molecule has 2 aliphatic rings. The van der Waals surface area contributed by atoms with E-state index in [1.807, 2.05) is 19.9 Å². The Bertz CT molecular complexity index is 1240. The van der Waals surface area contributed by atoms with Gasteiger partial charge in [-0.15, -0.1) is 0 Å². The molecule has 1 aliphatic heterocycles. The standard InChI is InChI=1S/C23H23Cl2F3N2O4S/c1-3-22-9-8-16(15-6-5-14(10-17(15)25)34-35(32,33)23(26,27)28)19(18-7-4-13(24)11-29-18)20(22)12(2)30-21(22)31/h4-7,10-12,16,19-20H,3,8-9H2,1-2H3,(H,30,31)/t12-,16+,19-,20+,22-/m1/s1. The molecule has 190 valence electrons. The van der Waals surface area contributed by atoms with Crippen molar-refractivity contribution in [3.05, 3.63) is 57.8 Å². The SMILES string of the molecule is CC[C@@]12CC[C@@H](c3ccc(OS(=O)(=O)C(F)(F)F)cc3Cl)[C@H](c3ccc(Cl)cn3)[C@@H]1[C@@H](C)NC2=O. The smallest absolute Gasteiger partial charge is 0.376 e. The van der Waals surface area contributed by atoms with Gasteiger partial charge >= 0.3 is 15.6 Å². The van der Waals surface area contributed by atoms with Gasteiger partial charge in [-0.3, -0.25) is 9.78 Å². The Morgan fingerprint density at radius 3 is 2.51 bits per heavy atom. The number of hydrogen-bond donors (Lipinski definition) is 1. The molecule has 0 bridgehead atoms. The van der Waals surface area contributed by atoms with Crippen molar-refractivity contribution in [3.63, 3.8) is 0 Å². The van der Waals surface area contributed by atoms with Crippen molar-refractivity contribution in [2.45, 2.75) is 56.5 Å². The predicted octanol–water partition coefficient (Wildman–Crippen LogP) is 5.81. The average Bonchev–Trinajstić information content (AvgIpc) is 3.03. The lowest BCUT2D eigenvalue weighted by Gasteiger charge is -2.47. The van der Waals surface area contributed by atoms with Gasteiger partial charge in [-0.2, -0.15) is 21.6 Å². The van der Waals surface area contributed by atoms with Gasteiger partial charge in [-0.25, -0.2) is 0 Å². The number of carbonyl (C=O) groups excluding carboxylic acids is 1. The van der Waals surface area contributed by atoms with Gasteiger partial charge in [0.05, 0.1) is 10.4 Å². The Morgan fingerprint density at radius 1 is 1.23 bits per heavy atom. The number of halogens is 5. The van der Waals surface area contributed by atoms with Crippen molar-refractivity contribution in [3.8, 4) is 5.75 Å². The lowest BCUT2D eigenvalue weighted by atomic mass is 9.55. The predicted molar refractivity (Wildman–Crippen MR) is 125 cm³/mol. The molecule has 5 atom stereocenters. The Kier molecular flexibility index (Phi) is 6.78. The molecule has 4 rings (SSSR count). The minimum Gasteiger partial charge on any atom is -0.376 e. The van der Waals surface area contributed by atoms with Crippen LogP contribution in [0.1, 0.15) is 56.2 Å². The van der Waals surface area contributed by atoms with Crippen LogP contribution in [0.5, 0.6) is 5.75 Å². The van der Waals surface area contributed by atoms with Gasteiger partial charge in [0.25, 0.3) is 0 Å². The highest BCUT2D eigenvalue weighted by molar-refractivity contribution is 7.88. The summed E-state index contributed by atoms with van der Waals surface area (Å²) in [5.41, 5.74) is -4.81. The second kappa shape index (κ2) is 9.12. The molecule has 1 aromatic carbocycles. The molecule has 12 heteroatoms.